The van der Waals surface area contributed by atoms with Gasteiger partial charge in [-0.15, -0.1) is 11.8 Å². The summed E-state index contributed by atoms with van der Waals surface area (Å²) >= 11 is 1.28. The van der Waals surface area contributed by atoms with Crippen molar-refractivity contribution in [1.29, 1.82) is 0 Å². The molecule has 0 bridgehead atoms. The molecule has 0 aromatic rings. The molecule has 0 aliphatic heterocycles. The fraction of sp³-hybridized carbons (Fsp3) is 0.900. The molecule has 0 saturated heterocycles. The van der Waals surface area contributed by atoms with Crippen LogP contribution in [0.25, 0.3) is 0 Å². The van der Waals surface area contributed by atoms with Crippen molar-refractivity contribution < 1.29 is 18.3 Å². The Morgan fingerprint density at radius 2 is 2.05 bits per heavy atom. The smallest absolute Gasteiger partial charge is 0.387 e. The molecule has 2 unspecified atom stereocenters. The summed E-state index contributed by atoms with van der Waals surface area (Å²) in [5.74, 6) is 0.210. The normalized spacial score (nSPS) is 16.4. The van der Waals surface area contributed by atoms with Crippen LogP contribution in [-0.2, 0) is 0 Å². The summed E-state index contributed by atoms with van der Waals surface area (Å²) in [6, 6.07) is 0. The number of aliphatic hydroxyl groups is 1. The number of aliphatic hydroxyl groups excluding tert-OH is 1. The number of nitrogens with zero attached hydrogens (tertiary/aromatic N) is 1. The minimum Gasteiger partial charge on any atom is -0.387 e. The quantitative estimate of drug-likeness (QED) is 0.288. The molecule has 114 valence electrons. The number of thioether (sulfide) groups is 1. The molecule has 0 heterocycles. The maximum Gasteiger partial charge on any atom is 0.401 e. The maximum absolute atomic E-state index is 12.0. The third-order valence-electron chi connectivity index (χ3n) is 2.15. The van der Waals surface area contributed by atoms with Crippen molar-refractivity contribution in [2.75, 3.05) is 19.3 Å². The number of rotatable bonds is 9. The highest BCUT2D eigenvalue weighted by molar-refractivity contribution is 7.99. The molecule has 0 spiro atoms. The summed E-state index contributed by atoms with van der Waals surface area (Å²) in [5, 5.41) is 14.0. The van der Waals surface area contributed by atoms with Gasteiger partial charge in [-0.05, 0) is 19.2 Å². The molecular formula is C10H21F3N4OS. The third kappa shape index (κ3) is 11.0. The van der Waals surface area contributed by atoms with Crippen LogP contribution in [0.4, 0.5) is 13.2 Å². The van der Waals surface area contributed by atoms with E-state index < -0.39 is 19.1 Å². The van der Waals surface area contributed by atoms with Gasteiger partial charge < -0.3 is 10.8 Å². The van der Waals surface area contributed by atoms with Crippen LogP contribution < -0.4 is 16.4 Å². The molecule has 19 heavy (non-hydrogen) atoms. The summed E-state index contributed by atoms with van der Waals surface area (Å²) in [4.78, 5) is 3.76. The van der Waals surface area contributed by atoms with Gasteiger partial charge in [-0.25, -0.2) is 4.99 Å². The Labute approximate surface area is 115 Å². The van der Waals surface area contributed by atoms with Crippen molar-refractivity contribution in [1.82, 2.24) is 10.6 Å². The molecule has 5 nitrogen and oxygen atoms in total. The van der Waals surface area contributed by atoms with E-state index in [-0.39, 0.29) is 11.2 Å². The predicted molar refractivity (Wildman–Crippen MR) is 71.9 cm³/mol. The van der Waals surface area contributed by atoms with Crippen LogP contribution in [0, 0.1) is 0 Å². The summed E-state index contributed by atoms with van der Waals surface area (Å²) in [7, 11) is 0. The molecule has 0 fully saturated rings. The number of alkyl halides is 3. The first-order valence-corrected chi connectivity index (χ1v) is 7.13. The van der Waals surface area contributed by atoms with Gasteiger partial charge in [0.15, 0.2) is 0 Å². The second kappa shape index (κ2) is 9.40. The largest absolute Gasteiger partial charge is 0.401 e. The average Bonchev–Trinajstić information content (AvgIpc) is 2.28. The Bertz CT molecular complexity index is 276. The van der Waals surface area contributed by atoms with Gasteiger partial charge >= 0.3 is 6.18 Å². The molecule has 2 atom stereocenters. The highest BCUT2D eigenvalue weighted by Crippen LogP contribution is 2.16. The van der Waals surface area contributed by atoms with Gasteiger partial charge in [-0.2, -0.15) is 13.2 Å². The maximum atomic E-state index is 12.0. The Balaban J connectivity index is 4.06. The zero-order valence-electron chi connectivity index (χ0n) is 11.0. The SMILES string of the molecule is CCNC(O)N=C(N)CCC(NCC(F)(F)F)SC. The lowest BCUT2D eigenvalue weighted by Crippen LogP contribution is -2.36. The van der Waals surface area contributed by atoms with Crippen molar-refractivity contribution in [3.63, 3.8) is 0 Å². The number of nitrogens with one attached hydrogen (secondary N) is 2. The number of amidine groups is 1. The second-order valence-electron chi connectivity index (χ2n) is 3.81. The fourth-order valence-corrected chi connectivity index (χ4v) is 1.87. The van der Waals surface area contributed by atoms with Crippen LogP contribution in [0.3, 0.4) is 0 Å². The van der Waals surface area contributed by atoms with Crippen molar-refractivity contribution in [3.05, 3.63) is 0 Å². The number of hydrogen-bond acceptors (Lipinski definition) is 5. The van der Waals surface area contributed by atoms with Gasteiger partial charge in [0, 0.05) is 6.42 Å². The molecule has 0 rings (SSSR count). The summed E-state index contributed by atoms with van der Waals surface area (Å²) in [6.45, 7) is 1.31. The lowest BCUT2D eigenvalue weighted by atomic mass is 10.3. The molecule has 9 heteroatoms. The van der Waals surface area contributed by atoms with Gasteiger partial charge in [0.25, 0.3) is 0 Å². The Kier molecular flexibility index (Phi) is 9.15. The van der Waals surface area contributed by atoms with Crippen molar-refractivity contribution in [3.8, 4) is 0 Å². The Morgan fingerprint density at radius 3 is 2.53 bits per heavy atom. The lowest BCUT2D eigenvalue weighted by Gasteiger charge is -2.17. The van der Waals surface area contributed by atoms with Crippen LogP contribution in [0.15, 0.2) is 4.99 Å². The number of nitrogens with two attached hydrogens (primary N) is 1. The average molecular weight is 302 g/mol. The van der Waals surface area contributed by atoms with Crippen molar-refractivity contribution >= 4 is 17.6 Å². The van der Waals surface area contributed by atoms with Crippen LogP contribution in [0.5, 0.6) is 0 Å². The Hall–Kier alpha value is -0.510. The first-order chi connectivity index (χ1) is 8.78. The van der Waals surface area contributed by atoms with Crippen molar-refractivity contribution in [2.24, 2.45) is 10.7 Å². The van der Waals surface area contributed by atoms with E-state index in [9.17, 15) is 18.3 Å². The fourth-order valence-electron chi connectivity index (χ4n) is 1.26. The topological polar surface area (TPSA) is 82.7 Å². The van der Waals surface area contributed by atoms with Gasteiger partial charge in [0.1, 0.15) is 0 Å². The van der Waals surface area contributed by atoms with Gasteiger partial charge in [0.05, 0.1) is 17.8 Å². The Morgan fingerprint density at radius 1 is 1.42 bits per heavy atom. The molecule has 0 aliphatic carbocycles. The molecule has 0 aromatic carbocycles. The molecule has 5 N–H and O–H groups in total. The molecule has 0 radical (unpaired) electrons. The monoisotopic (exact) mass is 302 g/mol. The van der Waals surface area contributed by atoms with Gasteiger partial charge in [0.2, 0.25) is 6.35 Å². The zero-order valence-corrected chi connectivity index (χ0v) is 11.8. The number of halogens is 3. The van der Waals surface area contributed by atoms with Crippen molar-refractivity contribution in [2.45, 2.75) is 37.7 Å². The molecule has 0 amide bonds. The minimum atomic E-state index is -4.23. The first kappa shape index (κ1) is 18.5. The van der Waals surface area contributed by atoms with E-state index in [2.05, 4.69) is 15.6 Å². The standard InChI is InChI=1S/C10H21F3N4OS/c1-3-15-9(18)17-7(14)4-5-8(19-2)16-6-10(11,12)13/h8-9,15-16,18H,3-6H2,1-2H3,(H2,14,17). The predicted octanol–water partition coefficient (Wildman–Crippen LogP) is 0.850. The van der Waals surface area contributed by atoms with Crippen LogP contribution >= 0.6 is 11.8 Å². The van der Waals surface area contributed by atoms with Crippen LogP contribution in [-0.4, -0.2) is 48.2 Å². The first-order valence-electron chi connectivity index (χ1n) is 5.85. The summed E-state index contributed by atoms with van der Waals surface area (Å²) in [6.07, 6.45) is -2.85. The molecule has 0 aliphatic rings. The number of hydrogen-bond donors (Lipinski definition) is 4. The minimum absolute atomic E-state index is 0.210. The van der Waals surface area contributed by atoms with E-state index in [1.54, 1.807) is 13.2 Å². The summed E-state index contributed by atoms with van der Waals surface area (Å²) in [5.41, 5.74) is 5.58. The lowest BCUT2D eigenvalue weighted by molar-refractivity contribution is -0.125. The number of aliphatic imine (C=N–C) groups is 1. The van der Waals surface area contributed by atoms with E-state index >= 15 is 0 Å². The van der Waals surface area contributed by atoms with Gasteiger partial charge in [-0.1, -0.05) is 6.92 Å². The van der Waals surface area contributed by atoms with E-state index in [4.69, 9.17) is 5.73 Å². The van der Waals surface area contributed by atoms with Crippen LogP contribution in [0.2, 0.25) is 0 Å². The highest BCUT2D eigenvalue weighted by atomic mass is 32.2. The second-order valence-corrected chi connectivity index (χ2v) is 4.85. The van der Waals surface area contributed by atoms with E-state index in [1.165, 1.54) is 11.8 Å². The molecule has 0 aromatic heterocycles. The van der Waals surface area contributed by atoms with E-state index in [0.29, 0.717) is 19.4 Å². The highest BCUT2D eigenvalue weighted by Gasteiger charge is 2.27. The molecular weight excluding hydrogens is 281 g/mol. The third-order valence-corrected chi connectivity index (χ3v) is 3.12. The van der Waals surface area contributed by atoms with E-state index in [1.807, 2.05) is 0 Å². The van der Waals surface area contributed by atoms with Crippen LogP contribution in [0.1, 0.15) is 19.8 Å². The zero-order chi connectivity index (χ0) is 14.9. The van der Waals surface area contributed by atoms with Gasteiger partial charge in [-0.3, -0.25) is 10.6 Å². The van der Waals surface area contributed by atoms with E-state index in [0.717, 1.165) is 0 Å². The summed E-state index contributed by atoms with van der Waals surface area (Å²) < 4.78 is 36.1. The molecule has 0 saturated carbocycles.